The number of nitrogens with one attached hydrogen (secondary N) is 1. The van der Waals surface area contributed by atoms with Crippen molar-refractivity contribution >= 4 is 11.7 Å². The van der Waals surface area contributed by atoms with E-state index in [0.29, 0.717) is 12.3 Å². The Balaban J connectivity index is 1.63. The number of methoxy groups -OCH3 is 1. The molecule has 138 valence electrons. The number of piperidine rings is 1. The van der Waals surface area contributed by atoms with Crippen LogP contribution in [0.25, 0.3) is 0 Å². The molecule has 0 saturated carbocycles. The molecule has 2 aromatic rings. The molecule has 6 nitrogen and oxygen atoms in total. The van der Waals surface area contributed by atoms with Gasteiger partial charge in [-0.25, -0.2) is 4.98 Å². The van der Waals surface area contributed by atoms with E-state index in [9.17, 15) is 4.79 Å². The standard InChI is InChI=1S/C20H26N4O2/c1-21-20-17(22-9-10-23-20)12-15-6-5-11-24(14-15)19(25)13-16-7-3-4-8-18(16)26-2/h3-4,7-10,15H,5-6,11-14H2,1-2H3,(H,21,23)/t15-/m1/s1. The molecule has 2 heterocycles. The van der Waals surface area contributed by atoms with E-state index in [1.807, 2.05) is 36.2 Å². The molecule has 1 atom stereocenters. The minimum atomic E-state index is 0.159. The van der Waals surface area contributed by atoms with Crippen LogP contribution < -0.4 is 10.1 Å². The number of anilines is 1. The minimum Gasteiger partial charge on any atom is -0.496 e. The molecule has 0 unspecified atom stereocenters. The number of likely N-dealkylation sites (tertiary alicyclic amines) is 1. The molecule has 26 heavy (non-hydrogen) atoms. The van der Waals surface area contributed by atoms with Crippen molar-refractivity contribution < 1.29 is 9.53 Å². The number of para-hydroxylation sites is 1. The summed E-state index contributed by atoms with van der Waals surface area (Å²) in [5, 5.41) is 3.10. The lowest BCUT2D eigenvalue weighted by atomic mass is 9.92. The average molecular weight is 354 g/mol. The van der Waals surface area contributed by atoms with Gasteiger partial charge in [-0.05, 0) is 31.2 Å². The largest absolute Gasteiger partial charge is 0.496 e. The second-order valence-corrected chi connectivity index (χ2v) is 6.64. The van der Waals surface area contributed by atoms with Crippen molar-refractivity contribution in [3.63, 3.8) is 0 Å². The van der Waals surface area contributed by atoms with Gasteiger partial charge in [0.15, 0.2) is 0 Å². The van der Waals surface area contributed by atoms with Gasteiger partial charge in [0.05, 0.1) is 19.2 Å². The van der Waals surface area contributed by atoms with Gasteiger partial charge in [0, 0.05) is 38.1 Å². The molecule has 0 aliphatic carbocycles. The lowest BCUT2D eigenvalue weighted by Crippen LogP contribution is -2.41. The van der Waals surface area contributed by atoms with Crippen LogP contribution >= 0.6 is 0 Å². The summed E-state index contributed by atoms with van der Waals surface area (Å²) in [6, 6.07) is 7.72. The van der Waals surface area contributed by atoms with E-state index in [-0.39, 0.29) is 5.91 Å². The minimum absolute atomic E-state index is 0.159. The molecule has 0 radical (unpaired) electrons. The quantitative estimate of drug-likeness (QED) is 0.863. The first kappa shape index (κ1) is 18.2. The zero-order valence-electron chi connectivity index (χ0n) is 15.4. The monoisotopic (exact) mass is 354 g/mol. The fraction of sp³-hybridized carbons (Fsp3) is 0.450. The maximum absolute atomic E-state index is 12.8. The predicted molar refractivity (Wildman–Crippen MR) is 101 cm³/mol. The molecular formula is C20H26N4O2. The predicted octanol–water partition coefficient (Wildman–Crippen LogP) is 2.55. The molecule has 1 aliphatic heterocycles. The van der Waals surface area contributed by atoms with E-state index in [4.69, 9.17) is 4.74 Å². The Hall–Kier alpha value is -2.63. The summed E-state index contributed by atoms with van der Waals surface area (Å²) >= 11 is 0. The van der Waals surface area contributed by atoms with E-state index in [0.717, 1.165) is 55.2 Å². The first-order chi connectivity index (χ1) is 12.7. The third kappa shape index (κ3) is 4.31. The number of nitrogens with zero attached hydrogens (tertiary/aromatic N) is 3. The molecule has 1 aliphatic rings. The summed E-state index contributed by atoms with van der Waals surface area (Å²) < 4.78 is 5.37. The Morgan fingerprint density at radius 3 is 2.92 bits per heavy atom. The summed E-state index contributed by atoms with van der Waals surface area (Å²) in [5.41, 5.74) is 1.91. The van der Waals surface area contributed by atoms with E-state index in [2.05, 4.69) is 15.3 Å². The van der Waals surface area contributed by atoms with E-state index in [1.165, 1.54) is 0 Å². The Morgan fingerprint density at radius 2 is 2.12 bits per heavy atom. The topological polar surface area (TPSA) is 67.4 Å². The molecule has 1 N–H and O–H groups in total. The van der Waals surface area contributed by atoms with E-state index < -0.39 is 0 Å². The fourth-order valence-corrected chi connectivity index (χ4v) is 3.58. The molecule has 3 rings (SSSR count). The molecule has 1 aromatic heterocycles. The molecule has 0 bridgehead atoms. The van der Waals surface area contributed by atoms with Crippen LogP contribution in [0.4, 0.5) is 5.82 Å². The van der Waals surface area contributed by atoms with Gasteiger partial charge in [-0.2, -0.15) is 0 Å². The van der Waals surface area contributed by atoms with Gasteiger partial charge in [-0.1, -0.05) is 18.2 Å². The smallest absolute Gasteiger partial charge is 0.227 e. The van der Waals surface area contributed by atoms with Gasteiger partial charge in [-0.3, -0.25) is 9.78 Å². The Bertz CT molecular complexity index is 750. The third-order valence-electron chi connectivity index (χ3n) is 4.90. The van der Waals surface area contributed by atoms with Crippen LogP contribution in [0.1, 0.15) is 24.1 Å². The lowest BCUT2D eigenvalue weighted by Gasteiger charge is -2.33. The summed E-state index contributed by atoms with van der Waals surface area (Å²) in [4.78, 5) is 23.6. The van der Waals surface area contributed by atoms with Crippen LogP contribution in [0.5, 0.6) is 5.75 Å². The highest BCUT2D eigenvalue weighted by Crippen LogP contribution is 2.24. The highest BCUT2D eigenvalue weighted by molar-refractivity contribution is 5.79. The number of hydrogen-bond donors (Lipinski definition) is 1. The van der Waals surface area contributed by atoms with Crippen molar-refractivity contribution in [3.05, 3.63) is 47.9 Å². The van der Waals surface area contributed by atoms with Gasteiger partial charge in [0.1, 0.15) is 11.6 Å². The molecule has 1 amide bonds. The number of carbonyl (C=O) groups excluding carboxylic acids is 1. The second kappa shape index (κ2) is 8.65. The van der Waals surface area contributed by atoms with Crippen molar-refractivity contribution in [1.82, 2.24) is 14.9 Å². The number of benzene rings is 1. The normalized spacial score (nSPS) is 17.0. The SMILES string of the molecule is CNc1nccnc1C[C@H]1CCCN(C(=O)Cc2ccccc2OC)C1. The summed E-state index contributed by atoms with van der Waals surface area (Å²) in [7, 11) is 3.50. The number of carbonyl (C=O) groups is 1. The zero-order valence-corrected chi connectivity index (χ0v) is 15.4. The molecule has 1 aromatic carbocycles. The Morgan fingerprint density at radius 1 is 1.31 bits per heavy atom. The van der Waals surface area contributed by atoms with Crippen LogP contribution in [-0.4, -0.2) is 48.0 Å². The van der Waals surface area contributed by atoms with Crippen LogP contribution in [0, 0.1) is 5.92 Å². The molecule has 0 spiro atoms. The average Bonchev–Trinajstić information content (AvgIpc) is 2.69. The maximum Gasteiger partial charge on any atom is 0.227 e. The number of ether oxygens (including phenoxy) is 1. The highest BCUT2D eigenvalue weighted by Gasteiger charge is 2.25. The number of rotatable bonds is 6. The highest BCUT2D eigenvalue weighted by atomic mass is 16.5. The van der Waals surface area contributed by atoms with Crippen LogP contribution in [0.15, 0.2) is 36.7 Å². The van der Waals surface area contributed by atoms with Crippen molar-refractivity contribution in [2.75, 3.05) is 32.6 Å². The fourth-order valence-electron chi connectivity index (χ4n) is 3.58. The van der Waals surface area contributed by atoms with Crippen LogP contribution in [0.3, 0.4) is 0 Å². The van der Waals surface area contributed by atoms with Crippen molar-refractivity contribution in [1.29, 1.82) is 0 Å². The molecule has 6 heteroatoms. The summed E-state index contributed by atoms with van der Waals surface area (Å²) in [6.07, 6.45) is 6.77. The zero-order chi connectivity index (χ0) is 18.4. The Kier molecular flexibility index (Phi) is 6.04. The molecular weight excluding hydrogens is 328 g/mol. The first-order valence-corrected chi connectivity index (χ1v) is 9.08. The Labute approximate surface area is 154 Å². The summed E-state index contributed by atoms with van der Waals surface area (Å²) in [5.74, 6) is 2.17. The van der Waals surface area contributed by atoms with Gasteiger partial charge < -0.3 is 15.0 Å². The van der Waals surface area contributed by atoms with Crippen molar-refractivity contribution in [3.8, 4) is 5.75 Å². The van der Waals surface area contributed by atoms with Gasteiger partial charge >= 0.3 is 0 Å². The van der Waals surface area contributed by atoms with E-state index >= 15 is 0 Å². The van der Waals surface area contributed by atoms with Crippen molar-refractivity contribution in [2.45, 2.75) is 25.7 Å². The van der Waals surface area contributed by atoms with Gasteiger partial charge in [-0.15, -0.1) is 0 Å². The summed E-state index contributed by atoms with van der Waals surface area (Å²) in [6.45, 7) is 1.59. The maximum atomic E-state index is 12.8. The van der Waals surface area contributed by atoms with Gasteiger partial charge in [0.2, 0.25) is 5.91 Å². The van der Waals surface area contributed by atoms with E-state index in [1.54, 1.807) is 19.5 Å². The second-order valence-electron chi connectivity index (χ2n) is 6.64. The third-order valence-corrected chi connectivity index (χ3v) is 4.90. The molecule has 1 fully saturated rings. The number of aromatic nitrogens is 2. The first-order valence-electron chi connectivity index (χ1n) is 9.08. The number of amides is 1. The van der Waals surface area contributed by atoms with Crippen LogP contribution in [-0.2, 0) is 17.6 Å². The van der Waals surface area contributed by atoms with Crippen LogP contribution in [0.2, 0.25) is 0 Å². The van der Waals surface area contributed by atoms with Gasteiger partial charge in [0.25, 0.3) is 0 Å². The lowest BCUT2D eigenvalue weighted by molar-refractivity contribution is -0.132. The number of hydrogen-bond acceptors (Lipinski definition) is 5. The molecule has 1 saturated heterocycles. The van der Waals surface area contributed by atoms with Crippen molar-refractivity contribution in [2.24, 2.45) is 5.92 Å².